The number of benzene rings is 1. The lowest BCUT2D eigenvalue weighted by Gasteiger charge is -2.28. The number of aryl methyl sites for hydroxylation is 1. The molecule has 0 fully saturated rings. The maximum absolute atomic E-state index is 3.80. The predicted octanol–water partition coefficient (Wildman–Crippen LogP) is 5.12. The Kier molecular flexibility index (Phi) is 8.60. The number of hydrogen-bond acceptors (Lipinski definition) is 1. The molecule has 0 saturated carbocycles. The van der Waals surface area contributed by atoms with Crippen molar-refractivity contribution >= 4 is 0 Å². The van der Waals surface area contributed by atoms with Crippen LogP contribution >= 0.6 is 0 Å². The zero-order valence-corrected chi connectivity index (χ0v) is 13.9. The Morgan fingerprint density at radius 3 is 2.00 bits per heavy atom. The van der Waals surface area contributed by atoms with Crippen molar-refractivity contribution in [3.8, 4) is 0 Å². The Morgan fingerprint density at radius 2 is 1.50 bits per heavy atom. The molecule has 1 aromatic carbocycles. The quantitative estimate of drug-likeness (QED) is 0.625. The van der Waals surface area contributed by atoms with Gasteiger partial charge in [-0.3, -0.25) is 0 Å². The summed E-state index contributed by atoms with van der Waals surface area (Å²) in [6.07, 6.45) is 7.67. The molecule has 1 heteroatoms. The summed E-state index contributed by atoms with van der Waals surface area (Å²) >= 11 is 0. The molecule has 0 spiro atoms. The van der Waals surface area contributed by atoms with Crippen molar-refractivity contribution < 1.29 is 0 Å². The second kappa shape index (κ2) is 9.99. The lowest BCUT2D eigenvalue weighted by molar-refractivity contribution is 0.308. The molecule has 0 saturated heterocycles. The van der Waals surface area contributed by atoms with Gasteiger partial charge in [0.25, 0.3) is 0 Å². The zero-order valence-electron chi connectivity index (χ0n) is 13.9. The molecule has 1 nitrogen and oxygen atoms in total. The largest absolute Gasteiger partial charge is 0.313 e. The first kappa shape index (κ1) is 17.2. The Bertz CT molecular complexity index is 335. The molecule has 0 aliphatic rings. The van der Waals surface area contributed by atoms with Crippen LogP contribution in [0.2, 0.25) is 0 Å². The van der Waals surface area contributed by atoms with Gasteiger partial charge in [-0.05, 0) is 50.6 Å². The topological polar surface area (TPSA) is 12.0 Å². The average molecular weight is 275 g/mol. The fraction of sp³-hybridized carbons (Fsp3) is 0.684. The highest BCUT2D eigenvalue weighted by atomic mass is 14.9. The maximum atomic E-state index is 3.80. The standard InChI is InChI=1S/C19H33N/c1-5-8-18(9-6-2)19(20-14-7-3)15-17-12-10-16(4)11-13-17/h10-13,18-20H,5-9,14-15H2,1-4H3. The molecular formula is C19H33N. The van der Waals surface area contributed by atoms with E-state index in [9.17, 15) is 0 Å². The minimum Gasteiger partial charge on any atom is -0.313 e. The zero-order chi connectivity index (χ0) is 14.8. The van der Waals surface area contributed by atoms with E-state index in [-0.39, 0.29) is 0 Å². The molecule has 0 bridgehead atoms. The third-order valence-corrected chi connectivity index (χ3v) is 4.12. The summed E-state index contributed by atoms with van der Waals surface area (Å²) in [7, 11) is 0. The van der Waals surface area contributed by atoms with Gasteiger partial charge in [-0.1, -0.05) is 63.4 Å². The van der Waals surface area contributed by atoms with Gasteiger partial charge in [-0.15, -0.1) is 0 Å². The molecule has 0 aromatic heterocycles. The Morgan fingerprint density at radius 1 is 0.900 bits per heavy atom. The molecule has 0 aliphatic carbocycles. The second-order valence-electron chi connectivity index (χ2n) is 6.09. The highest BCUT2D eigenvalue weighted by Crippen LogP contribution is 2.21. The molecular weight excluding hydrogens is 242 g/mol. The van der Waals surface area contributed by atoms with Crippen molar-refractivity contribution in [3.63, 3.8) is 0 Å². The van der Waals surface area contributed by atoms with Crippen molar-refractivity contribution in [1.29, 1.82) is 0 Å². The molecule has 1 atom stereocenters. The van der Waals surface area contributed by atoms with Gasteiger partial charge >= 0.3 is 0 Å². The lowest BCUT2D eigenvalue weighted by atomic mass is 9.86. The summed E-state index contributed by atoms with van der Waals surface area (Å²) in [5.74, 6) is 0.817. The van der Waals surface area contributed by atoms with Gasteiger partial charge in [0, 0.05) is 6.04 Å². The number of nitrogens with one attached hydrogen (secondary N) is 1. The Labute approximate surface area is 126 Å². The van der Waals surface area contributed by atoms with Gasteiger partial charge in [-0.2, -0.15) is 0 Å². The van der Waals surface area contributed by atoms with E-state index in [0.29, 0.717) is 6.04 Å². The third kappa shape index (κ3) is 6.09. The Hall–Kier alpha value is -0.820. The fourth-order valence-electron chi connectivity index (χ4n) is 3.00. The minimum atomic E-state index is 0.637. The highest BCUT2D eigenvalue weighted by Gasteiger charge is 2.19. The van der Waals surface area contributed by atoms with E-state index in [1.54, 1.807) is 0 Å². The van der Waals surface area contributed by atoms with Crippen LogP contribution in [0.5, 0.6) is 0 Å². The van der Waals surface area contributed by atoms with Crippen LogP contribution in [-0.2, 0) is 6.42 Å². The fourth-order valence-corrected chi connectivity index (χ4v) is 3.00. The molecule has 114 valence electrons. The summed E-state index contributed by atoms with van der Waals surface area (Å²) in [6.45, 7) is 10.2. The molecule has 1 unspecified atom stereocenters. The van der Waals surface area contributed by atoms with Gasteiger partial charge < -0.3 is 5.32 Å². The van der Waals surface area contributed by atoms with Crippen molar-refractivity contribution in [1.82, 2.24) is 5.32 Å². The smallest absolute Gasteiger partial charge is 0.0136 e. The normalized spacial score (nSPS) is 12.8. The van der Waals surface area contributed by atoms with Crippen molar-refractivity contribution in [2.24, 2.45) is 5.92 Å². The highest BCUT2D eigenvalue weighted by molar-refractivity contribution is 5.22. The lowest BCUT2D eigenvalue weighted by Crippen LogP contribution is -2.38. The monoisotopic (exact) mass is 275 g/mol. The van der Waals surface area contributed by atoms with Gasteiger partial charge in [0.15, 0.2) is 0 Å². The molecule has 0 radical (unpaired) electrons. The summed E-state index contributed by atoms with van der Waals surface area (Å²) in [4.78, 5) is 0. The average Bonchev–Trinajstić information content (AvgIpc) is 2.45. The number of rotatable bonds is 10. The molecule has 20 heavy (non-hydrogen) atoms. The molecule has 0 heterocycles. The minimum absolute atomic E-state index is 0.637. The first-order chi connectivity index (χ1) is 9.71. The molecule has 1 aromatic rings. The molecule has 0 aliphatic heterocycles. The summed E-state index contributed by atoms with van der Waals surface area (Å²) in [6, 6.07) is 9.70. The van der Waals surface area contributed by atoms with E-state index in [1.807, 2.05) is 0 Å². The first-order valence-electron chi connectivity index (χ1n) is 8.50. The van der Waals surface area contributed by atoms with Crippen LogP contribution in [0.25, 0.3) is 0 Å². The SMILES string of the molecule is CCCNC(Cc1ccc(C)cc1)C(CCC)CCC. The maximum Gasteiger partial charge on any atom is 0.0136 e. The van der Waals surface area contributed by atoms with E-state index in [4.69, 9.17) is 0 Å². The number of hydrogen-bond donors (Lipinski definition) is 1. The van der Waals surface area contributed by atoms with Crippen LogP contribution in [-0.4, -0.2) is 12.6 Å². The Balaban J connectivity index is 2.72. The van der Waals surface area contributed by atoms with Gasteiger partial charge in [0.1, 0.15) is 0 Å². The van der Waals surface area contributed by atoms with Crippen LogP contribution in [0.1, 0.15) is 64.0 Å². The van der Waals surface area contributed by atoms with Gasteiger partial charge in [-0.25, -0.2) is 0 Å². The van der Waals surface area contributed by atoms with Crippen LogP contribution in [0.15, 0.2) is 24.3 Å². The van der Waals surface area contributed by atoms with E-state index in [0.717, 1.165) is 12.5 Å². The molecule has 1 rings (SSSR count). The summed E-state index contributed by atoms with van der Waals surface area (Å²) in [5, 5.41) is 3.80. The van der Waals surface area contributed by atoms with Crippen LogP contribution in [0.3, 0.4) is 0 Å². The van der Waals surface area contributed by atoms with Crippen LogP contribution in [0.4, 0.5) is 0 Å². The van der Waals surface area contributed by atoms with Crippen LogP contribution in [0, 0.1) is 12.8 Å². The van der Waals surface area contributed by atoms with E-state index in [2.05, 4.69) is 57.3 Å². The van der Waals surface area contributed by atoms with Gasteiger partial charge in [0.05, 0.1) is 0 Å². The van der Waals surface area contributed by atoms with Crippen LogP contribution < -0.4 is 5.32 Å². The van der Waals surface area contributed by atoms with E-state index in [1.165, 1.54) is 49.7 Å². The first-order valence-corrected chi connectivity index (χ1v) is 8.50. The second-order valence-corrected chi connectivity index (χ2v) is 6.09. The summed E-state index contributed by atoms with van der Waals surface area (Å²) in [5.41, 5.74) is 2.83. The molecule has 0 amide bonds. The van der Waals surface area contributed by atoms with E-state index < -0.39 is 0 Å². The van der Waals surface area contributed by atoms with Crippen molar-refractivity contribution in [2.45, 2.75) is 72.3 Å². The van der Waals surface area contributed by atoms with Crippen molar-refractivity contribution in [3.05, 3.63) is 35.4 Å². The third-order valence-electron chi connectivity index (χ3n) is 4.12. The summed E-state index contributed by atoms with van der Waals surface area (Å²) < 4.78 is 0. The predicted molar refractivity (Wildman–Crippen MR) is 90.3 cm³/mol. The molecule has 1 N–H and O–H groups in total. The van der Waals surface area contributed by atoms with Crippen molar-refractivity contribution in [2.75, 3.05) is 6.54 Å². The van der Waals surface area contributed by atoms with Gasteiger partial charge in [0.2, 0.25) is 0 Å². The van der Waals surface area contributed by atoms with E-state index >= 15 is 0 Å².